The van der Waals surface area contributed by atoms with E-state index >= 15 is 0 Å². The lowest BCUT2D eigenvalue weighted by atomic mass is 10.1. The minimum absolute atomic E-state index is 0.121. The van der Waals surface area contributed by atoms with Crippen molar-refractivity contribution in [1.29, 1.82) is 0 Å². The van der Waals surface area contributed by atoms with E-state index in [0.717, 1.165) is 22.6 Å². The van der Waals surface area contributed by atoms with Crippen LogP contribution < -0.4 is 14.8 Å². The van der Waals surface area contributed by atoms with E-state index in [9.17, 15) is 4.79 Å². The number of hydrogen-bond donors (Lipinski definition) is 1. The molecule has 4 heteroatoms. The smallest absolute Gasteiger partial charge is 0.265 e. The lowest BCUT2D eigenvalue weighted by Gasteiger charge is -2.18. The van der Waals surface area contributed by atoms with Crippen molar-refractivity contribution >= 4 is 11.6 Å². The van der Waals surface area contributed by atoms with E-state index in [1.54, 1.807) is 6.92 Å². The zero-order valence-electron chi connectivity index (χ0n) is 14.9. The molecule has 128 valence electrons. The Balaban J connectivity index is 1.99. The van der Waals surface area contributed by atoms with Gasteiger partial charge < -0.3 is 14.8 Å². The Morgan fingerprint density at radius 2 is 1.50 bits per heavy atom. The fourth-order valence-electron chi connectivity index (χ4n) is 2.35. The van der Waals surface area contributed by atoms with E-state index in [2.05, 4.69) is 5.32 Å². The SMILES string of the molecule is Cc1cccc(C)c1OC(C)C(=O)Nc1ccc(OC(C)C)cc1. The lowest BCUT2D eigenvalue weighted by molar-refractivity contribution is -0.122. The highest BCUT2D eigenvalue weighted by Crippen LogP contribution is 2.24. The summed E-state index contributed by atoms with van der Waals surface area (Å²) in [5.41, 5.74) is 2.75. The van der Waals surface area contributed by atoms with Gasteiger partial charge in [0.15, 0.2) is 6.10 Å². The van der Waals surface area contributed by atoms with E-state index in [4.69, 9.17) is 9.47 Å². The second-order valence-corrected chi connectivity index (χ2v) is 6.16. The van der Waals surface area contributed by atoms with Crippen LogP contribution in [0.2, 0.25) is 0 Å². The highest BCUT2D eigenvalue weighted by Gasteiger charge is 2.17. The van der Waals surface area contributed by atoms with Crippen LogP contribution in [0.25, 0.3) is 0 Å². The van der Waals surface area contributed by atoms with Gasteiger partial charge in [-0.25, -0.2) is 0 Å². The van der Waals surface area contributed by atoms with Crippen LogP contribution in [0.4, 0.5) is 5.69 Å². The van der Waals surface area contributed by atoms with E-state index in [0.29, 0.717) is 5.69 Å². The van der Waals surface area contributed by atoms with Gasteiger partial charge in [-0.2, -0.15) is 0 Å². The number of hydrogen-bond acceptors (Lipinski definition) is 3. The van der Waals surface area contributed by atoms with Gasteiger partial charge in [0.2, 0.25) is 0 Å². The molecule has 0 fully saturated rings. The fraction of sp³-hybridized carbons (Fsp3) is 0.350. The highest BCUT2D eigenvalue weighted by atomic mass is 16.5. The zero-order valence-corrected chi connectivity index (χ0v) is 14.9. The molecular formula is C20H25NO3. The van der Waals surface area contributed by atoms with Gasteiger partial charge in [0.05, 0.1) is 6.10 Å². The maximum absolute atomic E-state index is 12.3. The molecule has 1 unspecified atom stereocenters. The summed E-state index contributed by atoms with van der Waals surface area (Å²) in [6.45, 7) is 9.64. The standard InChI is InChI=1S/C20H25NO3/c1-13(2)23-18-11-9-17(10-12-18)21-20(22)16(5)24-19-14(3)7-6-8-15(19)4/h6-13,16H,1-5H3,(H,21,22). The average Bonchev–Trinajstić information content (AvgIpc) is 2.52. The Morgan fingerprint density at radius 3 is 2.04 bits per heavy atom. The van der Waals surface area contributed by atoms with Gasteiger partial charge in [-0.15, -0.1) is 0 Å². The molecule has 24 heavy (non-hydrogen) atoms. The minimum Gasteiger partial charge on any atom is -0.491 e. The third-order valence-corrected chi connectivity index (χ3v) is 3.57. The first-order valence-electron chi connectivity index (χ1n) is 8.17. The van der Waals surface area contributed by atoms with Gasteiger partial charge in [-0.1, -0.05) is 18.2 Å². The van der Waals surface area contributed by atoms with E-state index < -0.39 is 6.10 Å². The Hall–Kier alpha value is -2.49. The Morgan fingerprint density at radius 1 is 0.917 bits per heavy atom. The summed E-state index contributed by atoms with van der Waals surface area (Å²) in [5, 5.41) is 2.86. The third-order valence-electron chi connectivity index (χ3n) is 3.57. The van der Waals surface area contributed by atoms with Crippen molar-refractivity contribution in [3.05, 3.63) is 53.6 Å². The van der Waals surface area contributed by atoms with Crippen molar-refractivity contribution in [1.82, 2.24) is 0 Å². The normalized spacial score (nSPS) is 11.9. The van der Waals surface area contributed by atoms with Crippen molar-refractivity contribution in [2.24, 2.45) is 0 Å². The largest absolute Gasteiger partial charge is 0.491 e. The molecule has 0 aliphatic rings. The topological polar surface area (TPSA) is 47.6 Å². The summed E-state index contributed by atoms with van der Waals surface area (Å²) >= 11 is 0. The molecule has 0 radical (unpaired) electrons. The first-order chi connectivity index (χ1) is 11.4. The summed E-state index contributed by atoms with van der Waals surface area (Å²) in [4.78, 5) is 12.3. The van der Waals surface area contributed by atoms with Crippen molar-refractivity contribution in [2.75, 3.05) is 5.32 Å². The minimum atomic E-state index is -0.587. The monoisotopic (exact) mass is 327 g/mol. The molecule has 0 heterocycles. The molecule has 0 aliphatic carbocycles. The number of anilines is 1. The van der Waals surface area contributed by atoms with Crippen LogP contribution in [-0.2, 0) is 4.79 Å². The van der Waals surface area contributed by atoms with Gasteiger partial charge in [0.1, 0.15) is 11.5 Å². The van der Waals surface area contributed by atoms with E-state index in [1.165, 1.54) is 0 Å². The van der Waals surface area contributed by atoms with Crippen LogP contribution in [0.5, 0.6) is 11.5 Å². The molecule has 0 bridgehead atoms. The van der Waals surface area contributed by atoms with Gasteiger partial charge in [0, 0.05) is 5.69 Å². The predicted molar refractivity (Wildman–Crippen MR) is 96.8 cm³/mol. The first kappa shape index (κ1) is 17.9. The molecule has 2 aromatic carbocycles. The van der Waals surface area contributed by atoms with Crippen LogP contribution in [0.1, 0.15) is 31.9 Å². The van der Waals surface area contributed by atoms with E-state index in [-0.39, 0.29) is 12.0 Å². The number of ether oxygens (including phenoxy) is 2. The third kappa shape index (κ3) is 4.75. The molecule has 4 nitrogen and oxygen atoms in total. The predicted octanol–water partition coefficient (Wildman–Crippen LogP) is 4.50. The first-order valence-corrected chi connectivity index (χ1v) is 8.17. The zero-order chi connectivity index (χ0) is 17.7. The summed E-state index contributed by atoms with van der Waals surface area (Å²) in [5.74, 6) is 1.36. The van der Waals surface area contributed by atoms with Crippen LogP contribution in [0.3, 0.4) is 0 Å². The molecule has 0 aliphatic heterocycles. The molecule has 0 aromatic heterocycles. The van der Waals surface area contributed by atoms with Gasteiger partial charge in [-0.05, 0) is 70.0 Å². The van der Waals surface area contributed by atoms with Crippen molar-refractivity contribution in [2.45, 2.75) is 46.8 Å². The summed E-state index contributed by atoms with van der Waals surface area (Å²) in [6.07, 6.45) is -0.465. The van der Waals surface area contributed by atoms with Crippen LogP contribution in [0, 0.1) is 13.8 Å². The second-order valence-electron chi connectivity index (χ2n) is 6.16. The van der Waals surface area contributed by atoms with Gasteiger partial charge in [0.25, 0.3) is 5.91 Å². The average molecular weight is 327 g/mol. The molecule has 1 N–H and O–H groups in total. The van der Waals surface area contributed by atoms with Crippen molar-refractivity contribution in [3.8, 4) is 11.5 Å². The summed E-state index contributed by atoms with van der Waals surface area (Å²) in [7, 11) is 0. The number of carbonyl (C=O) groups is 1. The second kappa shape index (κ2) is 7.86. The number of aryl methyl sites for hydroxylation is 2. The van der Waals surface area contributed by atoms with Crippen molar-refractivity contribution in [3.63, 3.8) is 0 Å². The molecule has 2 aromatic rings. The molecule has 0 spiro atoms. The number of para-hydroxylation sites is 1. The quantitative estimate of drug-likeness (QED) is 0.850. The maximum atomic E-state index is 12.3. The van der Waals surface area contributed by atoms with Crippen LogP contribution in [0.15, 0.2) is 42.5 Å². The van der Waals surface area contributed by atoms with Gasteiger partial charge in [-0.3, -0.25) is 4.79 Å². The summed E-state index contributed by atoms with van der Waals surface area (Å²) in [6, 6.07) is 13.2. The molecule has 2 rings (SSSR count). The molecule has 0 saturated heterocycles. The highest BCUT2D eigenvalue weighted by molar-refractivity contribution is 5.94. The fourth-order valence-corrected chi connectivity index (χ4v) is 2.35. The van der Waals surface area contributed by atoms with Crippen molar-refractivity contribution < 1.29 is 14.3 Å². The number of nitrogens with one attached hydrogen (secondary N) is 1. The number of rotatable bonds is 6. The Bertz CT molecular complexity index is 672. The van der Waals surface area contributed by atoms with Gasteiger partial charge >= 0.3 is 0 Å². The van der Waals surface area contributed by atoms with Crippen LogP contribution in [-0.4, -0.2) is 18.1 Å². The molecule has 1 amide bonds. The summed E-state index contributed by atoms with van der Waals surface area (Å²) < 4.78 is 11.4. The Labute approximate surface area is 143 Å². The lowest BCUT2D eigenvalue weighted by Crippen LogP contribution is -2.30. The number of benzene rings is 2. The van der Waals surface area contributed by atoms with Crippen LogP contribution >= 0.6 is 0 Å². The Kier molecular flexibility index (Phi) is 5.85. The van der Waals surface area contributed by atoms with E-state index in [1.807, 2.05) is 70.2 Å². The molecule has 1 atom stereocenters. The number of carbonyl (C=O) groups excluding carboxylic acids is 1. The number of amides is 1. The molecular weight excluding hydrogens is 302 g/mol. The molecule has 0 saturated carbocycles. The maximum Gasteiger partial charge on any atom is 0.265 e.